The second-order valence-corrected chi connectivity index (χ2v) is 6.57. The molecule has 3 rings (SSSR count). The monoisotopic (exact) mass is 363 g/mol. The van der Waals surface area contributed by atoms with Gasteiger partial charge in [-0.05, 0) is 55.2 Å². The molecule has 0 aliphatic heterocycles. The van der Waals surface area contributed by atoms with Crippen LogP contribution < -0.4 is 15.4 Å². The van der Waals surface area contributed by atoms with Gasteiger partial charge in [0.2, 0.25) is 5.95 Å². The number of rotatable bonds is 7. The van der Waals surface area contributed by atoms with Crippen LogP contribution >= 0.6 is 0 Å². The Morgan fingerprint density at radius 2 is 1.81 bits per heavy atom. The number of benzene rings is 2. The highest BCUT2D eigenvalue weighted by Crippen LogP contribution is 2.29. The molecule has 0 radical (unpaired) electrons. The number of nitrogens with one attached hydrogen (secondary N) is 2. The molecular formula is C21H25N5O. The van der Waals surface area contributed by atoms with Gasteiger partial charge in [0.25, 0.3) is 0 Å². The third-order valence-electron chi connectivity index (χ3n) is 4.16. The number of aryl methyl sites for hydroxylation is 1. The second-order valence-electron chi connectivity index (χ2n) is 6.57. The molecule has 0 aliphatic rings. The maximum atomic E-state index is 5.46. The maximum absolute atomic E-state index is 5.46. The van der Waals surface area contributed by atoms with Gasteiger partial charge >= 0.3 is 0 Å². The smallest absolute Gasteiger partial charge is 0.249 e. The van der Waals surface area contributed by atoms with Crippen molar-refractivity contribution in [2.45, 2.75) is 33.6 Å². The molecule has 0 atom stereocenters. The molecule has 0 saturated carbocycles. The predicted octanol–water partition coefficient (Wildman–Crippen LogP) is 5.19. The highest BCUT2D eigenvalue weighted by Gasteiger charge is 2.10. The van der Waals surface area contributed by atoms with Crippen molar-refractivity contribution in [3.63, 3.8) is 0 Å². The van der Waals surface area contributed by atoms with Gasteiger partial charge in [0.05, 0.1) is 12.8 Å². The summed E-state index contributed by atoms with van der Waals surface area (Å²) in [6.45, 7) is 9.05. The quantitative estimate of drug-likeness (QED) is 0.602. The van der Waals surface area contributed by atoms with E-state index < -0.39 is 0 Å². The maximum Gasteiger partial charge on any atom is 0.249 e. The molecular weight excluding hydrogens is 338 g/mol. The zero-order valence-electron chi connectivity index (χ0n) is 16.2. The molecule has 6 nitrogen and oxygen atoms in total. The Bertz CT molecular complexity index is 893. The van der Waals surface area contributed by atoms with Gasteiger partial charge in [0, 0.05) is 11.4 Å². The molecule has 0 amide bonds. The lowest BCUT2D eigenvalue weighted by Gasteiger charge is -2.16. The van der Waals surface area contributed by atoms with Crippen LogP contribution in [0.5, 0.6) is 5.75 Å². The first-order chi connectivity index (χ1) is 13.1. The van der Waals surface area contributed by atoms with Crippen LogP contribution in [0.25, 0.3) is 0 Å². The number of para-hydroxylation sites is 1. The molecule has 1 aromatic heterocycles. The van der Waals surface area contributed by atoms with E-state index in [0.717, 1.165) is 17.1 Å². The zero-order valence-corrected chi connectivity index (χ0v) is 16.2. The van der Waals surface area contributed by atoms with Gasteiger partial charge in [-0.15, -0.1) is 5.10 Å². The zero-order chi connectivity index (χ0) is 19.2. The summed E-state index contributed by atoms with van der Waals surface area (Å²) < 4.78 is 5.46. The summed E-state index contributed by atoms with van der Waals surface area (Å²) in [6.07, 6.45) is 1.62. The van der Waals surface area contributed by atoms with Crippen LogP contribution in [0.1, 0.15) is 37.8 Å². The van der Waals surface area contributed by atoms with E-state index >= 15 is 0 Å². The van der Waals surface area contributed by atoms with Crippen LogP contribution in [0.3, 0.4) is 0 Å². The van der Waals surface area contributed by atoms with Crippen molar-refractivity contribution >= 4 is 23.1 Å². The van der Waals surface area contributed by atoms with Crippen LogP contribution in [0.4, 0.5) is 23.1 Å². The Hall–Kier alpha value is -3.15. The van der Waals surface area contributed by atoms with Gasteiger partial charge in [0.15, 0.2) is 5.82 Å². The number of aromatic nitrogens is 3. The minimum atomic E-state index is 0.406. The third kappa shape index (κ3) is 4.73. The summed E-state index contributed by atoms with van der Waals surface area (Å²) in [4.78, 5) is 4.54. The molecule has 0 bridgehead atoms. The van der Waals surface area contributed by atoms with Gasteiger partial charge in [0.1, 0.15) is 5.75 Å². The molecule has 3 aromatic rings. The van der Waals surface area contributed by atoms with Crippen molar-refractivity contribution in [3.05, 3.63) is 59.8 Å². The van der Waals surface area contributed by atoms with E-state index in [1.807, 2.05) is 31.2 Å². The predicted molar refractivity (Wildman–Crippen MR) is 109 cm³/mol. The highest BCUT2D eigenvalue weighted by atomic mass is 16.5. The van der Waals surface area contributed by atoms with Crippen molar-refractivity contribution < 1.29 is 4.74 Å². The normalized spacial score (nSPS) is 10.7. The van der Waals surface area contributed by atoms with Crippen LogP contribution in [-0.2, 0) is 0 Å². The molecule has 0 spiro atoms. The lowest BCUT2D eigenvalue weighted by atomic mass is 9.98. The minimum Gasteiger partial charge on any atom is -0.494 e. The first kappa shape index (κ1) is 18.6. The van der Waals surface area contributed by atoms with E-state index in [1.54, 1.807) is 6.20 Å². The fourth-order valence-corrected chi connectivity index (χ4v) is 2.82. The van der Waals surface area contributed by atoms with E-state index in [0.29, 0.717) is 24.3 Å². The molecule has 0 unspecified atom stereocenters. The van der Waals surface area contributed by atoms with E-state index in [4.69, 9.17) is 4.74 Å². The number of hydrogen-bond acceptors (Lipinski definition) is 6. The Kier molecular flexibility index (Phi) is 5.86. The van der Waals surface area contributed by atoms with Gasteiger partial charge in [-0.2, -0.15) is 10.1 Å². The number of hydrogen-bond donors (Lipinski definition) is 2. The molecule has 0 saturated heterocycles. The lowest BCUT2D eigenvalue weighted by molar-refractivity contribution is 0.340. The van der Waals surface area contributed by atoms with Gasteiger partial charge in [-0.1, -0.05) is 32.0 Å². The molecule has 6 heteroatoms. The minimum absolute atomic E-state index is 0.406. The van der Waals surface area contributed by atoms with Crippen LogP contribution in [0.15, 0.2) is 48.7 Å². The van der Waals surface area contributed by atoms with E-state index in [-0.39, 0.29) is 0 Å². The lowest BCUT2D eigenvalue weighted by Crippen LogP contribution is -2.05. The van der Waals surface area contributed by atoms with Crippen molar-refractivity contribution in [1.82, 2.24) is 15.2 Å². The van der Waals surface area contributed by atoms with Crippen molar-refractivity contribution in [1.29, 1.82) is 0 Å². The van der Waals surface area contributed by atoms with Gasteiger partial charge in [-0.25, -0.2) is 0 Å². The molecule has 27 heavy (non-hydrogen) atoms. The largest absolute Gasteiger partial charge is 0.494 e. The third-order valence-corrected chi connectivity index (χ3v) is 4.16. The molecule has 140 valence electrons. The standard InChI is InChI=1S/C21H25N5O/c1-5-27-17-11-9-16(10-12-17)23-21-25-19(13-22-26-21)24-20-15(4)7-6-8-18(20)14(2)3/h6-14H,5H2,1-4H3,(H2,23,24,25,26). The van der Waals surface area contributed by atoms with Crippen LogP contribution in [0.2, 0.25) is 0 Å². The Balaban J connectivity index is 1.78. The van der Waals surface area contributed by atoms with Crippen molar-refractivity contribution in [2.24, 2.45) is 0 Å². The summed E-state index contributed by atoms with van der Waals surface area (Å²) >= 11 is 0. The second kappa shape index (κ2) is 8.49. The summed E-state index contributed by atoms with van der Waals surface area (Å²) in [5.74, 6) is 2.32. The number of nitrogens with zero attached hydrogens (tertiary/aromatic N) is 3. The van der Waals surface area contributed by atoms with E-state index in [2.05, 4.69) is 64.8 Å². The molecule has 2 N–H and O–H groups in total. The van der Waals surface area contributed by atoms with Gasteiger partial charge in [-0.3, -0.25) is 0 Å². The molecule has 2 aromatic carbocycles. The van der Waals surface area contributed by atoms with Crippen molar-refractivity contribution in [3.8, 4) is 5.75 Å². The summed E-state index contributed by atoms with van der Waals surface area (Å²) in [6, 6.07) is 14.0. The molecule has 0 fully saturated rings. The van der Waals surface area contributed by atoms with Crippen molar-refractivity contribution in [2.75, 3.05) is 17.2 Å². The first-order valence-electron chi connectivity index (χ1n) is 9.13. The summed E-state index contributed by atoms with van der Waals surface area (Å²) in [5.41, 5.74) is 4.35. The highest BCUT2D eigenvalue weighted by molar-refractivity contribution is 5.66. The summed E-state index contributed by atoms with van der Waals surface area (Å²) in [5, 5.41) is 14.7. The van der Waals surface area contributed by atoms with E-state index in [1.165, 1.54) is 11.1 Å². The average Bonchev–Trinajstić information content (AvgIpc) is 2.65. The molecule has 0 aliphatic carbocycles. The fourth-order valence-electron chi connectivity index (χ4n) is 2.82. The number of ether oxygens (including phenoxy) is 1. The topological polar surface area (TPSA) is 72.0 Å². The van der Waals surface area contributed by atoms with Gasteiger partial charge < -0.3 is 15.4 Å². The van der Waals surface area contributed by atoms with E-state index in [9.17, 15) is 0 Å². The fraction of sp³-hybridized carbons (Fsp3) is 0.286. The Morgan fingerprint density at radius 3 is 2.52 bits per heavy atom. The SMILES string of the molecule is CCOc1ccc(Nc2nncc(Nc3c(C)cccc3C(C)C)n2)cc1. The van der Waals surface area contributed by atoms with Crippen LogP contribution in [0, 0.1) is 6.92 Å². The van der Waals surface area contributed by atoms with Crippen LogP contribution in [-0.4, -0.2) is 21.8 Å². The summed E-state index contributed by atoms with van der Waals surface area (Å²) in [7, 11) is 0. The average molecular weight is 363 g/mol. The molecule has 1 heterocycles. The first-order valence-corrected chi connectivity index (χ1v) is 9.13. The Morgan fingerprint density at radius 1 is 1.04 bits per heavy atom. The Labute approximate surface area is 160 Å². The number of anilines is 4.